The van der Waals surface area contributed by atoms with Crippen LogP contribution in [0.5, 0.6) is 0 Å². The van der Waals surface area contributed by atoms with E-state index in [2.05, 4.69) is 23.2 Å². The zero-order valence-corrected chi connectivity index (χ0v) is 17.1. The van der Waals surface area contributed by atoms with Gasteiger partial charge in [0.05, 0.1) is 5.69 Å². The van der Waals surface area contributed by atoms with Crippen LogP contribution in [0, 0.1) is 0 Å². The van der Waals surface area contributed by atoms with Crippen molar-refractivity contribution < 1.29 is 4.42 Å². The highest BCUT2D eigenvalue weighted by molar-refractivity contribution is 6.65. The molecule has 4 heteroatoms. The standard InChI is InChI=1S/C26H19ClN2O/c1-16(27)29-23-12-6-3-8-17(23)19-14-15-20-18-9-4-7-13-24(18)30-26(20)25(19)21-10-2-5-11-22(21)28/h2-15H,28H2,1H3/b29-16+. The Hall–Kier alpha value is -3.56. The van der Waals surface area contributed by atoms with Crippen molar-refractivity contribution in [3.8, 4) is 22.3 Å². The maximum atomic E-state index is 6.41. The minimum Gasteiger partial charge on any atom is -0.455 e. The summed E-state index contributed by atoms with van der Waals surface area (Å²) >= 11 is 6.11. The van der Waals surface area contributed by atoms with E-state index in [1.54, 1.807) is 6.92 Å². The Bertz CT molecular complexity index is 1430. The highest BCUT2D eigenvalue weighted by Gasteiger charge is 2.20. The normalized spacial score (nSPS) is 12.0. The summed E-state index contributed by atoms with van der Waals surface area (Å²) in [5, 5.41) is 2.62. The van der Waals surface area contributed by atoms with Gasteiger partial charge in [0.25, 0.3) is 0 Å². The topological polar surface area (TPSA) is 51.5 Å². The lowest BCUT2D eigenvalue weighted by Gasteiger charge is -2.14. The van der Waals surface area contributed by atoms with E-state index in [4.69, 9.17) is 21.8 Å². The Kier molecular flexibility index (Phi) is 4.53. The van der Waals surface area contributed by atoms with Gasteiger partial charge in [-0.25, -0.2) is 4.99 Å². The molecule has 30 heavy (non-hydrogen) atoms. The molecule has 1 heterocycles. The molecule has 1 aromatic heterocycles. The van der Waals surface area contributed by atoms with Crippen molar-refractivity contribution in [1.82, 2.24) is 0 Å². The average Bonchev–Trinajstić information content (AvgIpc) is 3.12. The van der Waals surface area contributed by atoms with Crippen LogP contribution in [0.4, 0.5) is 11.4 Å². The van der Waals surface area contributed by atoms with Gasteiger partial charge in [0.2, 0.25) is 0 Å². The second kappa shape index (κ2) is 7.36. The van der Waals surface area contributed by atoms with E-state index in [-0.39, 0.29) is 0 Å². The molecule has 0 unspecified atom stereocenters. The highest BCUT2D eigenvalue weighted by atomic mass is 35.5. The lowest BCUT2D eigenvalue weighted by atomic mass is 9.91. The molecule has 0 aliphatic carbocycles. The maximum absolute atomic E-state index is 6.41. The van der Waals surface area contributed by atoms with E-state index in [9.17, 15) is 0 Å². The van der Waals surface area contributed by atoms with E-state index >= 15 is 0 Å². The molecular weight excluding hydrogens is 392 g/mol. The third-order valence-electron chi connectivity index (χ3n) is 5.25. The number of fused-ring (bicyclic) bond motifs is 3. The number of rotatable bonds is 3. The number of nitrogens with zero attached hydrogens (tertiary/aromatic N) is 1. The number of furan rings is 1. The first kappa shape index (κ1) is 18.5. The summed E-state index contributed by atoms with van der Waals surface area (Å²) in [6.07, 6.45) is 0. The maximum Gasteiger partial charge on any atom is 0.143 e. The van der Waals surface area contributed by atoms with Crippen LogP contribution in [0.1, 0.15) is 6.92 Å². The quantitative estimate of drug-likeness (QED) is 0.243. The van der Waals surface area contributed by atoms with E-state index in [1.807, 2.05) is 66.7 Å². The molecule has 2 N–H and O–H groups in total. The minimum absolute atomic E-state index is 0.480. The largest absolute Gasteiger partial charge is 0.455 e. The molecule has 146 valence electrons. The molecule has 5 rings (SSSR count). The summed E-state index contributed by atoms with van der Waals surface area (Å²) < 4.78 is 6.36. The van der Waals surface area contributed by atoms with Crippen molar-refractivity contribution in [3.05, 3.63) is 84.9 Å². The fourth-order valence-electron chi connectivity index (χ4n) is 3.97. The molecular formula is C26H19ClN2O. The zero-order valence-electron chi connectivity index (χ0n) is 16.4. The SMILES string of the molecule is C/C(Cl)=N\c1ccccc1-c1ccc2c(oc3ccccc32)c1-c1ccccc1N. The average molecular weight is 411 g/mol. The molecule has 0 atom stereocenters. The van der Waals surface area contributed by atoms with E-state index in [0.29, 0.717) is 10.9 Å². The predicted octanol–water partition coefficient (Wildman–Crippen LogP) is 7.79. The van der Waals surface area contributed by atoms with Crippen LogP contribution in [0.3, 0.4) is 0 Å². The van der Waals surface area contributed by atoms with Gasteiger partial charge in [0.15, 0.2) is 0 Å². The molecule has 0 saturated heterocycles. The fraction of sp³-hybridized carbons (Fsp3) is 0.0385. The Labute approximate surface area is 179 Å². The number of para-hydroxylation sites is 3. The summed E-state index contributed by atoms with van der Waals surface area (Å²) in [4.78, 5) is 4.54. The Balaban J connectivity index is 1.93. The minimum atomic E-state index is 0.480. The first-order chi connectivity index (χ1) is 14.6. The lowest BCUT2D eigenvalue weighted by Crippen LogP contribution is -1.93. The summed E-state index contributed by atoms with van der Waals surface area (Å²) in [5.74, 6) is 0. The van der Waals surface area contributed by atoms with Gasteiger partial charge in [0, 0.05) is 33.2 Å². The zero-order chi connectivity index (χ0) is 20.7. The number of nitrogens with two attached hydrogens (primary N) is 1. The Morgan fingerprint density at radius 2 is 1.47 bits per heavy atom. The Morgan fingerprint density at radius 3 is 2.27 bits per heavy atom. The number of anilines is 1. The molecule has 4 aromatic carbocycles. The molecule has 0 aliphatic heterocycles. The van der Waals surface area contributed by atoms with Gasteiger partial charge in [0.1, 0.15) is 16.3 Å². The third-order valence-corrected chi connectivity index (χ3v) is 5.33. The number of benzene rings is 4. The number of halogens is 1. The van der Waals surface area contributed by atoms with Crippen molar-refractivity contribution in [2.45, 2.75) is 6.92 Å². The smallest absolute Gasteiger partial charge is 0.143 e. The summed E-state index contributed by atoms with van der Waals surface area (Å²) in [6.45, 7) is 1.77. The van der Waals surface area contributed by atoms with Crippen LogP contribution >= 0.6 is 11.6 Å². The second-order valence-electron chi connectivity index (χ2n) is 7.18. The van der Waals surface area contributed by atoms with E-state index in [1.165, 1.54) is 0 Å². The molecule has 5 aromatic rings. The molecule has 0 saturated carbocycles. The van der Waals surface area contributed by atoms with Crippen LogP contribution in [-0.4, -0.2) is 5.17 Å². The van der Waals surface area contributed by atoms with Crippen molar-refractivity contribution in [1.29, 1.82) is 0 Å². The molecule has 0 aliphatic rings. The monoisotopic (exact) mass is 410 g/mol. The van der Waals surface area contributed by atoms with Gasteiger partial charge in [-0.3, -0.25) is 0 Å². The first-order valence-corrected chi connectivity index (χ1v) is 10.1. The van der Waals surface area contributed by atoms with E-state index in [0.717, 1.165) is 49.9 Å². The van der Waals surface area contributed by atoms with Gasteiger partial charge in [-0.2, -0.15) is 0 Å². The second-order valence-corrected chi connectivity index (χ2v) is 7.72. The van der Waals surface area contributed by atoms with Gasteiger partial charge in [-0.05, 0) is 36.8 Å². The van der Waals surface area contributed by atoms with E-state index < -0.39 is 0 Å². The number of aliphatic imine (C=N–C) groups is 1. The van der Waals surface area contributed by atoms with Crippen LogP contribution in [0.25, 0.3) is 44.2 Å². The van der Waals surface area contributed by atoms with Gasteiger partial charge in [-0.1, -0.05) is 72.3 Å². The number of nitrogen functional groups attached to an aromatic ring is 1. The molecule has 0 fully saturated rings. The molecule has 0 amide bonds. The lowest BCUT2D eigenvalue weighted by molar-refractivity contribution is 0.670. The van der Waals surface area contributed by atoms with Crippen molar-refractivity contribution in [2.75, 3.05) is 5.73 Å². The van der Waals surface area contributed by atoms with Gasteiger partial charge < -0.3 is 10.2 Å². The summed E-state index contributed by atoms with van der Waals surface area (Å²) in [5.41, 5.74) is 13.4. The predicted molar refractivity (Wildman–Crippen MR) is 128 cm³/mol. The van der Waals surface area contributed by atoms with Crippen molar-refractivity contribution in [2.24, 2.45) is 4.99 Å². The molecule has 0 bridgehead atoms. The third kappa shape index (κ3) is 3.04. The van der Waals surface area contributed by atoms with Crippen LogP contribution < -0.4 is 5.73 Å². The van der Waals surface area contributed by atoms with Crippen LogP contribution in [0.15, 0.2) is 94.3 Å². The first-order valence-electron chi connectivity index (χ1n) is 9.73. The summed E-state index contributed by atoms with van der Waals surface area (Å²) in [7, 11) is 0. The van der Waals surface area contributed by atoms with Crippen LogP contribution in [-0.2, 0) is 0 Å². The van der Waals surface area contributed by atoms with Gasteiger partial charge >= 0.3 is 0 Å². The van der Waals surface area contributed by atoms with Crippen molar-refractivity contribution >= 4 is 50.1 Å². The number of hydrogen-bond acceptors (Lipinski definition) is 3. The fourth-order valence-corrected chi connectivity index (χ4v) is 4.06. The van der Waals surface area contributed by atoms with Crippen molar-refractivity contribution in [3.63, 3.8) is 0 Å². The summed E-state index contributed by atoms with van der Waals surface area (Å²) in [6, 6.07) is 28.1. The van der Waals surface area contributed by atoms with Crippen LogP contribution in [0.2, 0.25) is 0 Å². The Morgan fingerprint density at radius 1 is 0.767 bits per heavy atom. The molecule has 3 nitrogen and oxygen atoms in total. The van der Waals surface area contributed by atoms with Gasteiger partial charge in [-0.15, -0.1) is 0 Å². The molecule has 0 spiro atoms. The highest BCUT2D eigenvalue weighted by Crippen LogP contribution is 2.45. The number of hydrogen-bond donors (Lipinski definition) is 1. The molecule has 0 radical (unpaired) electrons.